The number of halogens is 1. The van der Waals surface area contributed by atoms with Crippen molar-refractivity contribution in [1.29, 1.82) is 0 Å². The van der Waals surface area contributed by atoms with Gasteiger partial charge in [0.2, 0.25) is 10.0 Å². The fourth-order valence-corrected chi connectivity index (χ4v) is 2.61. The average Bonchev–Trinajstić information content (AvgIpc) is 2.79. The van der Waals surface area contributed by atoms with Gasteiger partial charge in [0.25, 0.3) is 0 Å². The second-order valence-electron chi connectivity index (χ2n) is 3.92. The number of benzene rings is 1. The van der Waals surface area contributed by atoms with Crippen molar-refractivity contribution in [3.8, 4) is 0 Å². The van der Waals surface area contributed by atoms with Crippen LogP contribution < -0.4 is 10.5 Å². The van der Waals surface area contributed by atoms with E-state index in [1.165, 1.54) is 12.1 Å². The molecule has 6 nitrogen and oxygen atoms in total. The van der Waals surface area contributed by atoms with Gasteiger partial charge in [-0.05, 0) is 24.1 Å². The summed E-state index contributed by atoms with van der Waals surface area (Å²) in [6.45, 7) is 0.193. The Balaban J connectivity index is 1.96. The zero-order chi connectivity index (χ0) is 13.9. The lowest BCUT2D eigenvalue weighted by molar-refractivity contribution is 0.582. The fraction of sp³-hybridized carbons (Fsp3) is 0.182. The Hall–Kier alpha value is -1.93. The van der Waals surface area contributed by atoms with E-state index in [0.29, 0.717) is 6.42 Å². The number of aromatic amines is 1. The number of hydrogen-bond donors (Lipinski definition) is 3. The van der Waals surface area contributed by atoms with Crippen molar-refractivity contribution < 1.29 is 12.8 Å². The van der Waals surface area contributed by atoms with Crippen LogP contribution in [0.3, 0.4) is 0 Å². The number of sulfonamides is 1. The highest BCUT2D eigenvalue weighted by Gasteiger charge is 2.18. The van der Waals surface area contributed by atoms with E-state index in [-0.39, 0.29) is 23.1 Å². The van der Waals surface area contributed by atoms with E-state index in [1.54, 1.807) is 12.1 Å². The number of anilines is 1. The molecular formula is C11H13FN4O2S. The third kappa shape index (κ3) is 3.30. The maximum absolute atomic E-state index is 12.7. The van der Waals surface area contributed by atoms with Gasteiger partial charge in [0.05, 0.1) is 6.20 Å². The van der Waals surface area contributed by atoms with Gasteiger partial charge in [0.1, 0.15) is 16.5 Å². The normalized spacial score (nSPS) is 11.6. The summed E-state index contributed by atoms with van der Waals surface area (Å²) in [6.07, 6.45) is 1.60. The van der Waals surface area contributed by atoms with Crippen LogP contribution in [0.5, 0.6) is 0 Å². The lowest BCUT2D eigenvalue weighted by Gasteiger charge is -2.05. The maximum Gasteiger partial charge on any atom is 0.245 e. The first-order chi connectivity index (χ1) is 8.99. The van der Waals surface area contributed by atoms with Crippen LogP contribution in [-0.4, -0.2) is 25.2 Å². The highest BCUT2D eigenvalue weighted by Crippen LogP contribution is 2.13. The van der Waals surface area contributed by atoms with Gasteiger partial charge in [-0.25, -0.2) is 17.5 Å². The van der Waals surface area contributed by atoms with E-state index < -0.39 is 10.0 Å². The molecule has 2 aromatic rings. The second-order valence-corrected chi connectivity index (χ2v) is 5.66. The molecular weight excluding hydrogens is 271 g/mol. The number of nitrogens with zero attached hydrogens (tertiary/aromatic N) is 1. The molecule has 0 bridgehead atoms. The molecule has 0 unspecified atom stereocenters. The highest BCUT2D eigenvalue weighted by atomic mass is 32.2. The molecule has 0 fully saturated rings. The number of rotatable bonds is 5. The largest absolute Gasteiger partial charge is 0.383 e. The van der Waals surface area contributed by atoms with Crippen LogP contribution >= 0.6 is 0 Å². The van der Waals surface area contributed by atoms with Gasteiger partial charge < -0.3 is 5.73 Å². The molecule has 4 N–H and O–H groups in total. The van der Waals surface area contributed by atoms with Crippen LogP contribution in [0.2, 0.25) is 0 Å². The van der Waals surface area contributed by atoms with Crippen molar-refractivity contribution >= 4 is 15.8 Å². The standard InChI is InChI=1S/C11H13FN4O2S/c12-9-3-1-8(2-4-9)5-6-15-19(17,18)10-7-14-16-11(10)13/h1-4,7,15H,5-6H2,(H3,13,14,16). The van der Waals surface area contributed by atoms with E-state index in [9.17, 15) is 12.8 Å². The topological polar surface area (TPSA) is 101 Å². The maximum atomic E-state index is 12.7. The quantitative estimate of drug-likeness (QED) is 0.750. The summed E-state index contributed by atoms with van der Waals surface area (Å²) in [5, 5.41) is 5.91. The number of hydrogen-bond acceptors (Lipinski definition) is 4. The molecule has 102 valence electrons. The molecule has 0 saturated carbocycles. The fourth-order valence-electron chi connectivity index (χ4n) is 1.56. The summed E-state index contributed by atoms with van der Waals surface area (Å²) in [4.78, 5) is -0.0772. The zero-order valence-corrected chi connectivity index (χ0v) is 10.7. The monoisotopic (exact) mass is 284 g/mol. The summed E-state index contributed by atoms with van der Waals surface area (Å²) in [7, 11) is -3.67. The Morgan fingerprint density at radius 3 is 2.58 bits per heavy atom. The average molecular weight is 284 g/mol. The van der Waals surface area contributed by atoms with Crippen LogP contribution in [-0.2, 0) is 16.4 Å². The first-order valence-corrected chi connectivity index (χ1v) is 7.00. The van der Waals surface area contributed by atoms with Crippen LogP contribution in [0, 0.1) is 5.82 Å². The van der Waals surface area contributed by atoms with Crippen molar-refractivity contribution in [2.75, 3.05) is 12.3 Å². The molecule has 0 amide bonds. The number of nitrogens with two attached hydrogens (primary N) is 1. The summed E-state index contributed by atoms with van der Waals surface area (Å²) in [5.41, 5.74) is 6.28. The summed E-state index contributed by atoms with van der Waals surface area (Å²) in [6, 6.07) is 5.88. The minimum absolute atomic E-state index is 0.00529. The van der Waals surface area contributed by atoms with E-state index in [4.69, 9.17) is 5.73 Å². The molecule has 1 aromatic heterocycles. The van der Waals surface area contributed by atoms with Crippen molar-refractivity contribution in [2.24, 2.45) is 0 Å². The van der Waals surface area contributed by atoms with Gasteiger partial charge >= 0.3 is 0 Å². The van der Waals surface area contributed by atoms with Crippen LogP contribution in [0.1, 0.15) is 5.56 Å². The number of H-pyrrole nitrogens is 1. The molecule has 0 saturated heterocycles. The predicted molar refractivity (Wildman–Crippen MR) is 68.3 cm³/mol. The van der Waals surface area contributed by atoms with Gasteiger partial charge in [0.15, 0.2) is 0 Å². The molecule has 8 heteroatoms. The van der Waals surface area contributed by atoms with Gasteiger partial charge in [0, 0.05) is 6.54 Å². The van der Waals surface area contributed by atoms with E-state index in [2.05, 4.69) is 14.9 Å². The predicted octanol–water partition coefficient (Wildman–Crippen LogP) is 0.652. The SMILES string of the molecule is Nc1[nH]ncc1S(=O)(=O)NCCc1ccc(F)cc1. The Labute approximate surface area is 109 Å². The molecule has 0 aliphatic rings. The minimum atomic E-state index is -3.67. The molecule has 0 atom stereocenters. The van der Waals surface area contributed by atoms with Gasteiger partial charge in [-0.3, -0.25) is 5.10 Å². The number of nitrogen functional groups attached to an aromatic ring is 1. The molecule has 1 heterocycles. The van der Waals surface area contributed by atoms with Gasteiger partial charge in [-0.2, -0.15) is 5.10 Å². The molecule has 2 rings (SSSR count). The summed E-state index contributed by atoms with van der Waals surface area (Å²) < 4.78 is 38.8. The Bertz CT molecular complexity index is 652. The van der Waals surface area contributed by atoms with Crippen LogP contribution in [0.4, 0.5) is 10.2 Å². The van der Waals surface area contributed by atoms with Crippen LogP contribution in [0.15, 0.2) is 35.4 Å². The second kappa shape index (κ2) is 5.37. The Morgan fingerprint density at radius 1 is 1.32 bits per heavy atom. The highest BCUT2D eigenvalue weighted by molar-refractivity contribution is 7.89. The Kier molecular flexibility index (Phi) is 3.82. The number of aromatic nitrogens is 2. The Morgan fingerprint density at radius 2 is 2.00 bits per heavy atom. The molecule has 0 aliphatic carbocycles. The molecule has 19 heavy (non-hydrogen) atoms. The first-order valence-electron chi connectivity index (χ1n) is 5.52. The zero-order valence-electron chi connectivity index (χ0n) is 9.93. The van der Waals surface area contributed by atoms with E-state index >= 15 is 0 Å². The molecule has 0 spiro atoms. The number of nitrogens with one attached hydrogen (secondary N) is 2. The van der Waals surface area contributed by atoms with E-state index in [1.807, 2.05) is 0 Å². The smallest absolute Gasteiger partial charge is 0.245 e. The minimum Gasteiger partial charge on any atom is -0.383 e. The molecule has 0 radical (unpaired) electrons. The molecule has 0 aliphatic heterocycles. The van der Waals surface area contributed by atoms with Gasteiger partial charge in [-0.15, -0.1) is 0 Å². The van der Waals surface area contributed by atoms with Crippen LogP contribution in [0.25, 0.3) is 0 Å². The van der Waals surface area contributed by atoms with E-state index in [0.717, 1.165) is 11.8 Å². The van der Waals surface area contributed by atoms with Crippen molar-refractivity contribution in [1.82, 2.24) is 14.9 Å². The molecule has 1 aromatic carbocycles. The summed E-state index contributed by atoms with van der Waals surface area (Å²) >= 11 is 0. The third-order valence-corrected chi connectivity index (χ3v) is 4.03. The summed E-state index contributed by atoms with van der Waals surface area (Å²) in [5.74, 6) is -0.329. The lowest BCUT2D eigenvalue weighted by Crippen LogP contribution is -2.26. The van der Waals surface area contributed by atoms with Gasteiger partial charge in [-0.1, -0.05) is 12.1 Å². The van der Waals surface area contributed by atoms with Crippen molar-refractivity contribution in [2.45, 2.75) is 11.3 Å². The van der Waals surface area contributed by atoms with Crippen molar-refractivity contribution in [3.05, 3.63) is 41.8 Å². The van der Waals surface area contributed by atoms with Crippen molar-refractivity contribution in [3.63, 3.8) is 0 Å². The lowest BCUT2D eigenvalue weighted by atomic mass is 10.1. The first kappa shape index (κ1) is 13.5. The third-order valence-electron chi connectivity index (χ3n) is 2.54.